The van der Waals surface area contributed by atoms with Crippen molar-refractivity contribution >= 4 is 50.9 Å². The van der Waals surface area contributed by atoms with Crippen molar-refractivity contribution in [3.63, 3.8) is 0 Å². The van der Waals surface area contributed by atoms with Gasteiger partial charge in [-0.1, -0.05) is 34.1 Å². The van der Waals surface area contributed by atoms with Gasteiger partial charge in [-0.05, 0) is 66.8 Å². The van der Waals surface area contributed by atoms with Crippen LogP contribution in [0.15, 0.2) is 82.1 Å². The highest BCUT2D eigenvalue weighted by molar-refractivity contribution is 9.10. The van der Waals surface area contributed by atoms with Crippen molar-refractivity contribution in [2.24, 2.45) is 0 Å². The smallest absolute Gasteiger partial charge is 0.269 e. The van der Waals surface area contributed by atoms with E-state index in [1.807, 2.05) is 18.2 Å². The van der Waals surface area contributed by atoms with Crippen LogP contribution in [0.4, 0.5) is 0 Å². The van der Waals surface area contributed by atoms with E-state index in [4.69, 9.17) is 12.2 Å². The van der Waals surface area contributed by atoms with E-state index in [-0.39, 0.29) is 15.9 Å². The molecule has 0 aliphatic heterocycles. The summed E-state index contributed by atoms with van der Waals surface area (Å²) in [5.41, 5.74) is 6.17. The van der Waals surface area contributed by atoms with Crippen LogP contribution < -0.4 is 16.4 Å². The minimum atomic E-state index is -0.529. The number of rotatable bonds is 3. The number of nitrogens with zero attached hydrogens (tertiary/aromatic N) is 1. The summed E-state index contributed by atoms with van der Waals surface area (Å²) in [5.74, 6) is -0.981. The number of hydrazine groups is 1. The van der Waals surface area contributed by atoms with Crippen LogP contribution in [0.3, 0.4) is 0 Å². The number of fused-ring (bicyclic) bond motifs is 1. The summed E-state index contributed by atoms with van der Waals surface area (Å²) in [6, 6.07) is 20.3. The number of H-pyrrole nitrogens is 1. The molecule has 0 radical (unpaired) electrons. The second kappa shape index (κ2) is 8.66. The lowest BCUT2D eigenvalue weighted by Gasteiger charge is -2.10. The Morgan fingerprint density at radius 2 is 1.48 bits per heavy atom. The SMILES string of the molecule is O=C(NNC(=O)c1ccc2c(=O)n(-c3ccccc3)c(=S)[nH]c2c1)c1ccc(Br)cc1. The average molecular weight is 495 g/mol. The summed E-state index contributed by atoms with van der Waals surface area (Å²) in [4.78, 5) is 40.6. The monoisotopic (exact) mass is 494 g/mol. The van der Waals surface area contributed by atoms with Crippen LogP contribution in [0.5, 0.6) is 0 Å². The lowest BCUT2D eigenvalue weighted by Crippen LogP contribution is -2.41. The Morgan fingerprint density at radius 3 is 2.16 bits per heavy atom. The van der Waals surface area contributed by atoms with E-state index in [9.17, 15) is 14.4 Å². The standard InChI is InChI=1S/C22H15BrN4O3S/c23-15-9-6-13(7-10-15)19(28)25-26-20(29)14-8-11-17-18(12-14)24-22(31)27(21(17)30)16-4-2-1-3-5-16/h1-12H,(H,24,31)(H,25,28)(H,26,29). The van der Waals surface area contributed by atoms with Crippen molar-refractivity contribution in [3.8, 4) is 5.69 Å². The zero-order chi connectivity index (χ0) is 22.0. The molecule has 4 aromatic rings. The van der Waals surface area contributed by atoms with Crippen molar-refractivity contribution in [1.82, 2.24) is 20.4 Å². The highest BCUT2D eigenvalue weighted by Gasteiger charge is 2.12. The number of amides is 2. The predicted molar refractivity (Wildman–Crippen MR) is 124 cm³/mol. The van der Waals surface area contributed by atoms with Gasteiger partial charge in [-0.2, -0.15) is 0 Å². The average Bonchev–Trinajstić information content (AvgIpc) is 2.78. The molecule has 0 aliphatic carbocycles. The van der Waals surface area contributed by atoms with E-state index < -0.39 is 11.8 Å². The normalized spacial score (nSPS) is 10.6. The molecule has 3 aromatic carbocycles. The number of hydrogen-bond donors (Lipinski definition) is 3. The third-order valence-corrected chi connectivity index (χ3v) is 5.38. The first kappa shape index (κ1) is 20.7. The van der Waals surface area contributed by atoms with Crippen molar-refractivity contribution < 1.29 is 9.59 Å². The molecule has 9 heteroatoms. The van der Waals surface area contributed by atoms with E-state index in [0.717, 1.165) is 4.47 Å². The number of aromatic amines is 1. The molecule has 1 heterocycles. The van der Waals surface area contributed by atoms with Crippen LogP contribution in [0.1, 0.15) is 20.7 Å². The van der Waals surface area contributed by atoms with E-state index in [2.05, 4.69) is 31.8 Å². The van der Waals surface area contributed by atoms with Gasteiger partial charge in [0, 0.05) is 15.6 Å². The van der Waals surface area contributed by atoms with E-state index in [1.165, 1.54) is 16.7 Å². The first-order valence-corrected chi connectivity index (χ1v) is 10.3. The lowest BCUT2D eigenvalue weighted by molar-refractivity contribution is 0.0847. The number of aromatic nitrogens is 2. The number of carbonyl (C=O) groups is 2. The zero-order valence-electron chi connectivity index (χ0n) is 15.9. The van der Waals surface area contributed by atoms with E-state index >= 15 is 0 Å². The van der Waals surface area contributed by atoms with Gasteiger partial charge in [-0.15, -0.1) is 0 Å². The van der Waals surface area contributed by atoms with Crippen LogP contribution in [-0.4, -0.2) is 21.4 Å². The third kappa shape index (κ3) is 4.32. The maximum Gasteiger partial charge on any atom is 0.269 e. The first-order valence-electron chi connectivity index (χ1n) is 9.15. The van der Waals surface area contributed by atoms with Gasteiger partial charge < -0.3 is 4.98 Å². The third-order valence-electron chi connectivity index (χ3n) is 4.57. The molecule has 3 N–H and O–H groups in total. The molecule has 7 nitrogen and oxygen atoms in total. The van der Waals surface area contributed by atoms with Gasteiger partial charge in [0.25, 0.3) is 17.4 Å². The molecule has 0 aliphatic rings. The van der Waals surface area contributed by atoms with Crippen molar-refractivity contribution in [1.29, 1.82) is 0 Å². The van der Waals surface area contributed by atoms with Gasteiger partial charge in [0.2, 0.25) is 0 Å². The molecule has 154 valence electrons. The van der Waals surface area contributed by atoms with Gasteiger partial charge in [0.1, 0.15) is 0 Å². The van der Waals surface area contributed by atoms with Gasteiger partial charge in [-0.3, -0.25) is 29.8 Å². The van der Waals surface area contributed by atoms with Gasteiger partial charge in [0.05, 0.1) is 16.6 Å². The molecular formula is C22H15BrN4O3S. The second-order valence-corrected chi connectivity index (χ2v) is 7.88. The molecule has 0 saturated heterocycles. The Bertz CT molecular complexity index is 1410. The highest BCUT2D eigenvalue weighted by atomic mass is 79.9. The predicted octanol–water partition coefficient (Wildman–Crippen LogP) is 3.89. The first-order chi connectivity index (χ1) is 14.9. The summed E-state index contributed by atoms with van der Waals surface area (Å²) < 4.78 is 2.45. The fraction of sp³-hybridized carbons (Fsp3) is 0. The number of halogens is 1. The molecular weight excluding hydrogens is 480 g/mol. The molecule has 31 heavy (non-hydrogen) atoms. The van der Waals surface area contributed by atoms with Crippen molar-refractivity contribution in [3.05, 3.63) is 104 Å². The summed E-state index contributed by atoms with van der Waals surface area (Å²) in [6.45, 7) is 0. The minimum Gasteiger partial charge on any atom is -0.331 e. The zero-order valence-corrected chi connectivity index (χ0v) is 18.3. The number of para-hydroxylation sites is 1. The molecule has 0 atom stereocenters. The minimum absolute atomic E-state index is 0.213. The molecule has 1 aromatic heterocycles. The fourth-order valence-corrected chi connectivity index (χ4v) is 3.59. The maximum absolute atomic E-state index is 12.9. The molecule has 0 bridgehead atoms. The molecule has 0 unspecified atom stereocenters. The molecule has 0 saturated carbocycles. The summed E-state index contributed by atoms with van der Waals surface area (Å²) in [6.07, 6.45) is 0. The molecule has 0 fully saturated rings. The fourth-order valence-electron chi connectivity index (χ4n) is 3.03. The van der Waals surface area contributed by atoms with Crippen LogP contribution in [0.25, 0.3) is 16.6 Å². The number of benzene rings is 3. The topological polar surface area (TPSA) is 96.0 Å². The Hall–Kier alpha value is -3.56. The number of nitrogens with one attached hydrogen (secondary N) is 3. The Balaban J connectivity index is 1.58. The quantitative estimate of drug-likeness (QED) is 0.297. The van der Waals surface area contributed by atoms with Crippen LogP contribution in [0.2, 0.25) is 0 Å². The number of hydrogen-bond acceptors (Lipinski definition) is 4. The van der Waals surface area contributed by atoms with Crippen LogP contribution in [-0.2, 0) is 0 Å². The lowest BCUT2D eigenvalue weighted by atomic mass is 10.1. The van der Waals surface area contributed by atoms with Gasteiger partial charge in [0.15, 0.2) is 4.77 Å². The van der Waals surface area contributed by atoms with E-state index in [1.54, 1.807) is 42.5 Å². The highest BCUT2D eigenvalue weighted by Crippen LogP contribution is 2.14. The maximum atomic E-state index is 12.9. The summed E-state index contributed by atoms with van der Waals surface area (Å²) in [7, 11) is 0. The Morgan fingerprint density at radius 1 is 0.871 bits per heavy atom. The van der Waals surface area contributed by atoms with E-state index in [0.29, 0.717) is 22.2 Å². The van der Waals surface area contributed by atoms with Crippen molar-refractivity contribution in [2.45, 2.75) is 0 Å². The second-order valence-electron chi connectivity index (χ2n) is 6.58. The Kier molecular flexibility index (Phi) is 5.79. The van der Waals surface area contributed by atoms with Gasteiger partial charge >= 0.3 is 0 Å². The van der Waals surface area contributed by atoms with Crippen LogP contribution in [0, 0.1) is 4.77 Å². The molecule has 0 spiro atoms. The largest absolute Gasteiger partial charge is 0.331 e. The summed E-state index contributed by atoms with van der Waals surface area (Å²) in [5, 5.41) is 0.382. The molecule has 2 amide bonds. The van der Waals surface area contributed by atoms with Crippen molar-refractivity contribution in [2.75, 3.05) is 0 Å². The Labute approximate surface area is 189 Å². The summed E-state index contributed by atoms with van der Waals surface area (Å²) >= 11 is 8.65. The molecule has 4 rings (SSSR count). The van der Waals surface area contributed by atoms with Gasteiger partial charge in [-0.25, -0.2) is 0 Å². The van der Waals surface area contributed by atoms with Crippen LogP contribution >= 0.6 is 28.1 Å². The number of carbonyl (C=O) groups excluding carboxylic acids is 2.